The summed E-state index contributed by atoms with van der Waals surface area (Å²) in [7, 11) is 0. The van der Waals surface area contributed by atoms with Crippen LogP contribution in [0.4, 0.5) is 5.69 Å². The smallest absolute Gasteiger partial charge is 0.373 e. The molecule has 0 fully saturated rings. The van der Waals surface area contributed by atoms with Crippen molar-refractivity contribution in [2.75, 3.05) is 4.31 Å². The summed E-state index contributed by atoms with van der Waals surface area (Å²) in [5.41, 5.74) is 2.83. The molecule has 7 heteroatoms. The molecule has 6 nitrogen and oxygen atoms in total. The van der Waals surface area contributed by atoms with Gasteiger partial charge in [0.2, 0.25) is 0 Å². The van der Waals surface area contributed by atoms with Gasteiger partial charge in [-0.15, -0.1) is 0 Å². The molecule has 0 amide bonds. The minimum absolute atomic E-state index is 0.231. The van der Waals surface area contributed by atoms with Gasteiger partial charge in [0, 0.05) is 11.3 Å². The second kappa shape index (κ2) is 11.0. The normalized spacial score (nSPS) is 12.5. The van der Waals surface area contributed by atoms with Crippen LogP contribution in [0.2, 0.25) is 0 Å². The third-order valence-electron chi connectivity index (χ3n) is 4.52. The number of hydrogen-bond donors (Lipinski definition) is 0. The summed E-state index contributed by atoms with van der Waals surface area (Å²) in [6, 6.07) is 23.5. The van der Waals surface area contributed by atoms with Crippen LogP contribution in [0.25, 0.3) is 12.2 Å². The Balaban J connectivity index is 1.76. The summed E-state index contributed by atoms with van der Waals surface area (Å²) in [4.78, 5) is 22.0. The molecule has 3 aromatic rings. The Morgan fingerprint density at radius 3 is 2.21 bits per heavy atom. The summed E-state index contributed by atoms with van der Waals surface area (Å²) in [5, 5.41) is 0. The summed E-state index contributed by atoms with van der Waals surface area (Å²) in [5.74, 6) is -0.569. The summed E-state index contributed by atoms with van der Waals surface area (Å²) in [6.07, 6.45) is 3.70. The third kappa shape index (κ3) is 7.39. The van der Waals surface area contributed by atoms with Crippen LogP contribution in [-0.4, -0.2) is 20.3 Å². The van der Waals surface area contributed by atoms with E-state index in [0.717, 1.165) is 16.7 Å². The molecular weight excluding hydrogens is 438 g/mol. The van der Waals surface area contributed by atoms with Gasteiger partial charge in [-0.1, -0.05) is 72.8 Å². The standard InChI is InChI=1S/C26H27NO5S/c1-26(2,3)32-31-25(28)23-17-14-20(15-18-23)13-16-22-11-7-8-12-24(22)27(33(29)30)19-21-9-5-4-6-10-21/h4-18H,19H2,1-3H3,(H,29,30)/p-1. The van der Waals surface area contributed by atoms with Crippen LogP contribution in [0.3, 0.4) is 0 Å². The van der Waals surface area contributed by atoms with Gasteiger partial charge >= 0.3 is 5.97 Å². The lowest BCUT2D eigenvalue weighted by Crippen LogP contribution is -2.25. The number of carbonyl (C=O) groups excluding carboxylic acids is 1. The molecule has 0 heterocycles. The molecule has 172 valence electrons. The summed E-state index contributed by atoms with van der Waals surface area (Å²) in [6.45, 7) is 5.59. The second-order valence-electron chi connectivity index (χ2n) is 8.32. The van der Waals surface area contributed by atoms with Gasteiger partial charge < -0.3 is 4.55 Å². The Labute approximate surface area is 196 Å². The van der Waals surface area contributed by atoms with Crippen molar-refractivity contribution in [2.45, 2.75) is 32.9 Å². The molecule has 0 aliphatic rings. The van der Waals surface area contributed by atoms with E-state index >= 15 is 0 Å². The van der Waals surface area contributed by atoms with Gasteiger partial charge in [0.25, 0.3) is 0 Å². The SMILES string of the molecule is CC(C)(C)OOC(=O)c1ccc(C=Cc2ccccc2N(Cc2ccccc2)S(=O)[O-])cc1. The average molecular weight is 465 g/mol. The second-order valence-corrected chi connectivity index (χ2v) is 9.19. The molecule has 3 rings (SSSR count). The van der Waals surface area contributed by atoms with Gasteiger partial charge in [-0.2, -0.15) is 4.89 Å². The maximum Gasteiger partial charge on any atom is 0.373 e. The summed E-state index contributed by atoms with van der Waals surface area (Å²) >= 11 is -2.44. The molecule has 0 radical (unpaired) electrons. The highest BCUT2D eigenvalue weighted by Crippen LogP contribution is 2.25. The molecular formula is C26H26NO5S-. The predicted molar refractivity (Wildman–Crippen MR) is 130 cm³/mol. The van der Waals surface area contributed by atoms with E-state index in [2.05, 4.69) is 0 Å². The number of carbonyl (C=O) groups is 1. The van der Waals surface area contributed by atoms with E-state index < -0.39 is 22.8 Å². The van der Waals surface area contributed by atoms with Crippen molar-refractivity contribution in [1.82, 2.24) is 0 Å². The first-order chi connectivity index (χ1) is 15.7. The van der Waals surface area contributed by atoms with Crippen LogP contribution in [0.1, 0.15) is 47.8 Å². The van der Waals surface area contributed by atoms with Crippen LogP contribution in [0, 0.1) is 0 Å². The largest absolute Gasteiger partial charge is 0.755 e. The predicted octanol–water partition coefficient (Wildman–Crippen LogP) is 5.54. The van der Waals surface area contributed by atoms with Gasteiger partial charge in [-0.3, -0.25) is 13.4 Å². The first-order valence-electron chi connectivity index (χ1n) is 10.4. The molecule has 0 bridgehead atoms. The van der Waals surface area contributed by atoms with Crippen LogP contribution in [-0.2, 0) is 27.6 Å². The highest BCUT2D eigenvalue weighted by molar-refractivity contribution is 7.80. The van der Waals surface area contributed by atoms with Crippen molar-refractivity contribution in [3.05, 3.63) is 101 Å². The summed E-state index contributed by atoms with van der Waals surface area (Å²) < 4.78 is 25.3. The number of nitrogens with zero attached hydrogens (tertiary/aromatic N) is 1. The van der Waals surface area contributed by atoms with E-state index in [0.29, 0.717) is 11.3 Å². The Kier molecular flexibility index (Phi) is 8.16. The zero-order valence-electron chi connectivity index (χ0n) is 18.8. The minimum Gasteiger partial charge on any atom is -0.755 e. The molecule has 0 saturated heterocycles. The molecule has 1 unspecified atom stereocenters. The number of hydrogen-bond acceptors (Lipinski definition) is 5. The van der Waals surface area contributed by atoms with Crippen molar-refractivity contribution >= 4 is 35.1 Å². The lowest BCUT2D eigenvalue weighted by molar-refractivity contribution is -0.301. The number of anilines is 1. The van der Waals surface area contributed by atoms with Crippen molar-refractivity contribution in [1.29, 1.82) is 0 Å². The molecule has 0 N–H and O–H groups in total. The molecule has 0 aliphatic heterocycles. The van der Waals surface area contributed by atoms with Gasteiger partial charge in [-0.25, -0.2) is 4.79 Å². The van der Waals surface area contributed by atoms with Gasteiger partial charge in [0.15, 0.2) is 0 Å². The zero-order chi connectivity index (χ0) is 23.8. The van der Waals surface area contributed by atoms with E-state index in [4.69, 9.17) is 9.78 Å². The van der Waals surface area contributed by atoms with E-state index in [9.17, 15) is 13.6 Å². The average Bonchev–Trinajstić information content (AvgIpc) is 2.80. The molecule has 0 aromatic heterocycles. The van der Waals surface area contributed by atoms with Crippen LogP contribution < -0.4 is 4.31 Å². The quantitative estimate of drug-likeness (QED) is 0.189. The molecule has 0 aliphatic carbocycles. The van der Waals surface area contributed by atoms with Gasteiger partial charge in [0.1, 0.15) is 5.60 Å². The van der Waals surface area contributed by atoms with E-state index in [1.165, 1.54) is 4.31 Å². The van der Waals surface area contributed by atoms with E-state index in [1.807, 2.05) is 54.6 Å². The lowest BCUT2D eigenvalue weighted by Gasteiger charge is -2.28. The Morgan fingerprint density at radius 1 is 0.939 bits per heavy atom. The first-order valence-corrected chi connectivity index (χ1v) is 11.4. The van der Waals surface area contributed by atoms with Crippen LogP contribution in [0.15, 0.2) is 78.9 Å². The number of para-hydroxylation sites is 1. The monoisotopic (exact) mass is 464 g/mol. The highest BCUT2D eigenvalue weighted by atomic mass is 32.2. The van der Waals surface area contributed by atoms with Crippen molar-refractivity contribution < 1.29 is 23.3 Å². The fourth-order valence-electron chi connectivity index (χ4n) is 2.95. The molecule has 33 heavy (non-hydrogen) atoms. The number of rotatable bonds is 8. The Bertz CT molecular complexity index is 1120. The van der Waals surface area contributed by atoms with E-state index in [-0.39, 0.29) is 6.54 Å². The Morgan fingerprint density at radius 2 is 1.58 bits per heavy atom. The fourth-order valence-corrected chi connectivity index (χ4v) is 3.53. The van der Waals surface area contributed by atoms with Crippen LogP contribution in [0.5, 0.6) is 0 Å². The maximum absolute atomic E-state index is 12.1. The Hall–Kier alpha value is -3.26. The van der Waals surface area contributed by atoms with Crippen molar-refractivity contribution in [3.8, 4) is 0 Å². The molecule has 3 aromatic carbocycles. The molecule has 0 spiro atoms. The van der Waals surface area contributed by atoms with Crippen molar-refractivity contribution in [3.63, 3.8) is 0 Å². The zero-order valence-corrected chi connectivity index (χ0v) is 19.6. The van der Waals surface area contributed by atoms with Gasteiger partial charge in [0.05, 0.1) is 17.8 Å². The maximum atomic E-state index is 12.1. The minimum atomic E-state index is -2.44. The lowest BCUT2D eigenvalue weighted by atomic mass is 10.1. The van der Waals surface area contributed by atoms with Crippen molar-refractivity contribution in [2.24, 2.45) is 0 Å². The fraction of sp³-hybridized carbons (Fsp3) is 0.192. The highest BCUT2D eigenvalue weighted by Gasteiger charge is 2.16. The van der Waals surface area contributed by atoms with Crippen LogP contribution >= 0.6 is 0 Å². The first kappa shape index (κ1) is 24.4. The topological polar surface area (TPSA) is 78.9 Å². The molecule has 0 saturated carbocycles. The number of benzene rings is 3. The van der Waals surface area contributed by atoms with Gasteiger partial charge in [-0.05, 0) is 55.7 Å². The van der Waals surface area contributed by atoms with E-state index in [1.54, 1.807) is 57.2 Å². The third-order valence-corrected chi connectivity index (χ3v) is 5.21. The molecule has 1 atom stereocenters.